The summed E-state index contributed by atoms with van der Waals surface area (Å²) in [6.07, 6.45) is 0. The average molecular weight is 277 g/mol. The fourth-order valence-electron chi connectivity index (χ4n) is 2.05. The first-order chi connectivity index (χ1) is 9.36. The molecule has 100 valence electrons. The topological polar surface area (TPSA) is 50.7 Å². The molecule has 0 saturated carbocycles. The standard InChI is InChI=1S/C14H15NO3S/c16-8-12(15-7-11-2-1-5-19-11)10-3-4-13-14(6-10)18-9-17-13/h1-6,12,15-16H,7-9H2. The van der Waals surface area contributed by atoms with Crippen LogP contribution in [0.15, 0.2) is 35.7 Å². The maximum absolute atomic E-state index is 9.53. The number of hydrogen-bond acceptors (Lipinski definition) is 5. The maximum atomic E-state index is 9.53. The molecule has 19 heavy (non-hydrogen) atoms. The molecule has 1 aliphatic heterocycles. The van der Waals surface area contributed by atoms with Gasteiger partial charge in [-0.3, -0.25) is 0 Å². The summed E-state index contributed by atoms with van der Waals surface area (Å²) >= 11 is 1.70. The molecule has 0 amide bonds. The van der Waals surface area contributed by atoms with Gasteiger partial charge in [0.15, 0.2) is 11.5 Å². The van der Waals surface area contributed by atoms with Gasteiger partial charge in [-0.2, -0.15) is 0 Å². The summed E-state index contributed by atoms with van der Waals surface area (Å²) in [7, 11) is 0. The number of rotatable bonds is 5. The molecule has 1 aromatic heterocycles. The van der Waals surface area contributed by atoms with Crippen LogP contribution in [0.3, 0.4) is 0 Å². The summed E-state index contributed by atoms with van der Waals surface area (Å²) in [5, 5.41) is 14.9. The third-order valence-corrected chi connectivity index (χ3v) is 3.96. The van der Waals surface area contributed by atoms with Gasteiger partial charge in [-0.25, -0.2) is 0 Å². The maximum Gasteiger partial charge on any atom is 0.231 e. The molecule has 3 rings (SSSR count). The first-order valence-corrected chi connectivity index (χ1v) is 7.01. The van der Waals surface area contributed by atoms with Crippen molar-refractivity contribution in [2.45, 2.75) is 12.6 Å². The zero-order chi connectivity index (χ0) is 13.1. The van der Waals surface area contributed by atoms with E-state index >= 15 is 0 Å². The molecule has 0 fully saturated rings. The van der Waals surface area contributed by atoms with Gasteiger partial charge >= 0.3 is 0 Å². The highest BCUT2D eigenvalue weighted by Gasteiger charge is 2.17. The lowest BCUT2D eigenvalue weighted by Crippen LogP contribution is -2.23. The van der Waals surface area contributed by atoms with Gasteiger partial charge < -0.3 is 19.9 Å². The third-order valence-electron chi connectivity index (χ3n) is 3.08. The van der Waals surface area contributed by atoms with Gasteiger partial charge in [-0.1, -0.05) is 12.1 Å². The average Bonchev–Trinajstić information content (AvgIpc) is 3.09. The Morgan fingerprint density at radius 2 is 2.16 bits per heavy atom. The van der Waals surface area contributed by atoms with Crippen LogP contribution in [0.2, 0.25) is 0 Å². The summed E-state index contributed by atoms with van der Waals surface area (Å²) in [4.78, 5) is 1.25. The molecule has 0 aliphatic carbocycles. The first-order valence-electron chi connectivity index (χ1n) is 6.13. The normalized spacial score (nSPS) is 14.6. The molecule has 0 radical (unpaired) electrons. The van der Waals surface area contributed by atoms with E-state index in [1.54, 1.807) is 11.3 Å². The van der Waals surface area contributed by atoms with Gasteiger partial charge in [-0.05, 0) is 29.1 Å². The number of aliphatic hydroxyl groups is 1. The number of thiophene rings is 1. The number of benzene rings is 1. The minimum absolute atomic E-state index is 0.0466. The van der Waals surface area contributed by atoms with Gasteiger partial charge in [0.2, 0.25) is 6.79 Å². The van der Waals surface area contributed by atoms with Gasteiger partial charge in [0.05, 0.1) is 12.6 Å². The molecule has 1 unspecified atom stereocenters. The first kappa shape index (κ1) is 12.5. The van der Waals surface area contributed by atoms with E-state index in [4.69, 9.17) is 9.47 Å². The van der Waals surface area contributed by atoms with Crippen molar-refractivity contribution in [1.82, 2.24) is 5.32 Å². The molecular formula is C14H15NO3S. The fourth-order valence-corrected chi connectivity index (χ4v) is 2.71. The molecule has 0 spiro atoms. The summed E-state index contributed by atoms with van der Waals surface area (Å²) in [6, 6.07) is 9.76. The number of hydrogen-bond donors (Lipinski definition) is 2. The Morgan fingerprint density at radius 1 is 1.26 bits per heavy atom. The lowest BCUT2D eigenvalue weighted by molar-refractivity contribution is 0.174. The Morgan fingerprint density at radius 3 is 2.95 bits per heavy atom. The smallest absolute Gasteiger partial charge is 0.231 e. The molecule has 2 heterocycles. The molecule has 2 aromatic rings. The third kappa shape index (κ3) is 2.73. The Kier molecular flexibility index (Phi) is 3.68. The van der Waals surface area contributed by atoms with E-state index in [2.05, 4.69) is 11.4 Å². The summed E-state index contributed by atoms with van der Waals surface area (Å²) in [6.45, 7) is 1.06. The van der Waals surface area contributed by atoms with Crippen molar-refractivity contribution >= 4 is 11.3 Å². The zero-order valence-electron chi connectivity index (χ0n) is 10.3. The summed E-state index contributed by atoms with van der Waals surface area (Å²) in [5.41, 5.74) is 1.00. The van der Waals surface area contributed by atoms with Gasteiger partial charge in [0.1, 0.15) is 0 Å². The Hall–Kier alpha value is -1.56. The Labute approximate surface area is 115 Å². The largest absolute Gasteiger partial charge is 0.454 e. The van der Waals surface area contributed by atoms with Crippen LogP contribution >= 0.6 is 11.3 Å². The quantitative estimate of drug-likeness (QED) is 0.880. The van der Waals surface area contributed by atoms with Gasteiger partial charge in [-0.15, -0.1) is 11.3 Å². The van der Waals surface area contributed by atoms with E-state index in [0.29, 0.717) is 0 Å². The Balaban J connectivity index is 1.71. The molecule has 0 saturated heterocycles. The molecule has 4 nitrogen and oxygen atoms in total. The molecular weight excluding hydrogens is 262 g/mol. The highest BCUT2D eigenvalue weighted by molar-refractivity contribution is 7.09. The van der Waals surface area contributed by atoms with Crippen LogP contribution in [-0.4, -0.2) is 18.5 Å². The van der Waals surface area contributed by atoms with Crippen LogP contribution in [0.1, 0.15) is 16.5 Å². The van der Waals surface area contributed by atoms with E-state index < -0.39 is 0 Å². The lowest BCUT2D eigenvalue weighted by atomic mass is 10.1. The van der Waals surface area contributed by atoms with Crippen LogP contribution in [0.4, 0.5) is 0 Å². The minimum atomic E-state index is -0.100. The fraction of sp³-hybridized carbons (Fsp3) is 0.286. The highest BCUT2D eigenvalue weighted by Crippen LogP contribution is 2.34. The predicted molar refractivity (Wildman–Crippen MR) is 73.6 cm³/mol. The number of fused-ring (bicyclic) bond motifs is 1. The van der Waals surface area contributed by atoms with Crippen molar-refractivity contribution in [2.75, 3.05) is 13.4 Å². The molecule has 2 N–H and O–H groups in total. The van der Waals surface area contributed by atoms with Crippen molar-refractivity contribution < 1.29 is 14.6 Å². The van der Waals surface area contributed by atoms with Crippen LogP contribution in [-0.2, 0) is 6.54 Å². The van der Waals surface area contributed by atoms with Crippen molar-refractivity contribution in [1.29, 1.82) is 0 Å². The van der Waals surface area contributed by atoms with Crippen LogP contribution < -0.4 is 14.8 Å². The zero-order valence-corrected chi connectivity index (χ0v) is 11.2. The number of aliphatic hydroxyl groups excluding tert-OH is 1. The molecule has 1 atom stereocenters. The van der Waals surface area contributed by atoms with Crippen molar-refractivity contribution in [3.63, 3.8) is 0 Å². The van der Waals surface area contributed by atoms with E-state index in [9.17, 15) is 5.11 Å². The van der Waals surface area contributed by atoms with Crippen molar-refractivity contribution in [2.24, 2.45) is 0 Å². The van der Waals surface area contributed by atoms with E-state index in [0.717, 1.165) is 23.6 Å². The second kappa shape index (κ2) is 5.61. The molecule has 5 heteroatoms. The van der Waals surface area contributed by atoms with Gasteiger partial charge in [0.25, 0.3) is 0 Å². The van der Waals surface area contributed by atoms with Gasteiger partial charge in [0, 0.05) is 11.4 Å². The Bertz CT molecular complexity index is 542. The summed E-state index contributed by atoms with van der Waals surface area (Å²) < 4.78 is 10.6. The van der Waals surface area contributed by atoms with E-state index in [1.165, 1.54) is 4.88 Å². The molecule has 0 bridgehead atoms. The van der Waals surface area contributed by atoms with Crippen molar-refractivity contribution in [3.8, 4) is 11.5 Å². The van der Waals surface area contributed by atoms with E-state index in [-0.39, 0.29) is 19.4 Å². The predicted octanol–water partition coefficient (Wildman–Crippen LogP) is 2.30. The number of ether oxygens (including phenoxy) is 2. The van der Waals surface area contributed by atoms with Crippen molar-refractivity contribution in [3.05, 3.63) is 46.2 Å². The minimum Gasteiger partial charge on any atom is -0.454 e. The SMILES string of the molecule is OCC(NCc1cccs1)c1ccc2c(c1)OCO2. The van der Waals surface area contributed by atoms with Crippen LogP contribution in [0, 0.1) is 0 Å². The second-order valence-corrected chi connectivity index (χ2v) is 5.34. The second-order valence-electron chi connectivity index (χ2n) is 4.31. The van der Waals surface area contributed by atoms with Crippen LogP contribution in [0.5, 0.6) is 11.5 Å². The summed E-state index contributed by atoms with van der Waals surface area (Å²) in [5.74, 6) is 1.51. The van der Waals surface area contributed by atoms with Crippen LogP contribution in [0.25, 0.3) is 0 Å². The highest BCUT2D eigenvalue weighted by atomic mass is 32.1. The van der Waals surface area contributed by atoms with E-state index in [1.807, 2.05) is 29.6 Å². The molecule has 1 aromatic carbocycles. The lowest BCUT2D eigenvalue weighted by Gasteiger charge is -2.16. The molecule has 1 aliphatic rings. The monoisotopic (exact) mass is 277 g/mol. The number of nitrogens with one attached hydrogen (secondary N) is 1.